The molecule has 0 saturated carbocycles. The molecule has 1 nitrogen and oxygen atoms in total. The van der Waals surface area contributed by atoms with E-state index in [2.05, 4.69) is 23.8 Å². The van der Waals surface area contributed by atoms with Gasteiger partial charge in [0.05, 0.1) is 0 Å². The number of alkyl halides is 2. The molecule has 0 saturated heterocycles. The summed E-state index contributed by atoms with van der Waals surface area (Å²) < 4.78 is 43.5. The van der Waals surface area contributed by atoms with Crippen LogP contribution < -0.4 is 4.74 Å². The fourth-order valence-corrected chi connectivity index (χ4v) is 4.78. The van der Waals surface area contributed by atoms with Crippen LogP contribution in [-0.4, -0.2) is 6.61 Å². The van der Waals surface area contributed by atoms with E-state index in [0.717, 1.165) is 48.4 Å². The number of hydrogen-bond donors (Lipinski definition) is 0. The molecule has 0 radical (unpaired) electrons. The molecular formula is C25H25F3O. The average molecular weight is 398 g/mol. The first kappa shape index (κ1) is 19.8. The van der Waals surface area contributed by atoms with Crippen molar-refractivity contribution >= 4 is 10.8 Å². The van der Waals surface area contributed by atoms with Gasteiger partial charge in [0.25, 0.3) is 0 Å². The number of fused-ring (bicyclic) bond motifs is 3. The Morgan fingerprint density at radius 1 is 1.03 bits per heavy atom. The third kappa shape index (κ3) is 4.12. The zero-order chi connectivity index (χ0) is 20.4. The molecular weight excluding hydrogens is 373 g/mol. The van der Waals surface area contributed by atoms with Gasteiger partial charge in [-0.25, -0.2) is 4.39 Å². The molecule has 4 heteroatoms. The van der Waals surface area contributed by atoms with Gasteiger partial charge in [-0.2, -0.15) is 8.78 Å². The minimum Gasteiger partial charge on any atom is -0.435 e. The molecule has 0 spiro atoms. The Kier molecular flexibility index (Phi) is 5.79. The number of aryl methyl sites for hydroxylation is 1. The van der Waals surface area contributed by atoms with E-state index in [1.54, 1.807) is 18.2 Å². The molecule has 0 amide bonds. The summed E-state index contributed by atoms with van der Waals surface area (Å²) in [7, 11) is 0. The van der Waals surface area contributed by atoms with E-state index in [1.165, 1.54) is 17.2 Å². The molecule has 1 aliphatic carbocycles. The maximum Gasteiger partial charge on any atom is 0.387 e. The number of unbranched alkanes of at least 4 members (excludes halogenated alkanes) is 1. The van der Waals surface area contributed by atoms with Crippen LogP contribution >= 0.6 is 0 Å². The number of rotatable bonds is 6. The Labute approximate surface area is 169 Å². The molecule has 4 rings (SSSR count). The first-order valence-corrected chi connectivity index (χ1v) is 10.3. The monoisotopic (exact) mass is 398 g/mol. The smallest absolute Gasteiger partial charge is 0.387 e. The van der Waals surface area contributed by atoms with Gasteiger partial charge >= 0.3 is 6.61 Å². The van der Waals surface area contributed by atoms with Gasteiger partial charge in [0, 0.05) is 5.92 Å². The molecule has 2 atom stereocenters. The molecule has 0 aromatic heterocycles. The lowest BCUT2D eigenvalue weighted by atomic mass is 9.69. The van der Waals surface area contributed by atoms with Crippen LogP contribution in [-0.2, 0) is 6.42 Å². The van der Waals surface area contributed by atoms with Gasteiger partial charge in [0.15, 0.2) is 0 Å². The van der Waals surface area contributed by atoms with Crippen LogP contribution in [0.5, 0.6) is 5.75 Å². The average Bonchev–Trinajstić information content (AvgIpc) is 2.71. The molecule has 152 valence electrons. The fraction of sp³-hybridized carbons (Fsp3) is 0.360. The quantitative estimate of drug-likeness (QED) is 0.419. The summed E-state index contributed by atoms with van der Waals surface area (Å²) in [5.41, 5.74) is 3.55. The minimum atomic E-state index is -2.82. The van der Waals surface area contributed by atoms with Gasteiger partial charge in [-0.1, -0.05) is 50.1 Å². The molecule has 0 heterocycles. The van der Waals surface area contributed by atoms with Gasteiger partial charge in [-0.3, -0.25) is 0 Å². The summed E-state index contributed by atoms with van der Waals surface area (Å²) in [4.78, 5) is 0. The Morgan fingerprint density at radius 3 is 2.52 bits per heavy atom. The van der Waals surface area contributed by atoms with Crippen molar-refractivity contribution in [2.24, 2.45) is 5.92 Å². The van der Waals surface area contributed by atoms with E-state index in [-0.39, 0.29) is 17.5 Å². The molecule has 0 bridgehead atoms. The van der Waals surface area contributed by atoms with Crippen LogP contribution in [0.25, 0.3) is 10.8 Å². The Hall–Kier alpha value is -2.49. The Morgan fingerprint density at radius 2 is 1.79 bits per heavy atom. The molecule has 3 aromatic carbocycles. The molecule has 1 aliphatic rings. The highest BCUT2D eigenvalue weighted by atomic mass is 19.3. The van der Waals surface area contributed by atoms with Gasteiger partial charge < -0.3 is 4.74 Å². The molecule has 0 unspecified atom stereocenters. The third-order valence-electron chi connectivity index (χ3n) is 6.10. The largest absolute Gasteiger partial charge is 0.435 e. The number of ether oxygens (including phenoxy) is 1. The van der Waals surface area contributed by atoms with Crippen molar-refractivity contribution < 1.29 is 17.9 Å². The summed E-state index contributed by atoms with van der Waals surface area (Å²) in [5, 5.41) is 2.04. The Balaban J connectivity index is 1.78. The lowest BCUT2D eigenvalue weighted by molar-refractivity contribution is -0.0498. The first-order valence-electron chi connectivity index (χ1n) is 10.3. The van der Waals surface area contributed by atoms with Crippen molar-refractivity contribution in [1.29, 1.82) is 0 Å². The van der Waals surface area contributed by atoms with Gasteiger partial charge in [-0.15, -0.1) is 0 Å². The lowest BCUT2D eigenvalue weighted by Gasteiger charge is -2.35. The maximum atomic E-state index is 13.9. The first-order chi connectivity index (χ1) is 14.1. The maximum absolute atomic E-state index is 13.9. The fourth-order valence-electron chi connectivity index (χ4n) is 4.78. The van der Waals surface area contributed by atoms with Crippen LogP contribution in [0.15, 0.2) is 54.6 Å². The molecule has 29 heavy (non-hydrogen) atoms. The summed E-state index contributed by atoms with van der Waals surface area (Å²) in [6.07, 6.45) is 5.40. The van der Waals surface area contributed by atoms with Crippen molar-refractivity contribution in [3.8, 4) is 5.75 Å². The van der Waals surface area contributed by atoms with Gasteiger partial charge in [-0.05, 0) is 76.9 Å². The summed E-state index contributed by atoms with van der Waals surface area (Å²) in [6.45, 7) is -0.631. The van der Waals surface area contributed by atoms with Crippen LogP contribution in [0.4, 0.5) is 13.2 Å². The highest BCUT2D eigenvalue weighted by Crippen LogP contribution is 2.45. The van der Waals surface area contributed by atoms with Crippen LogP contribution in [0, 0.1) is 11.7 Å². The van der Waals surface area contributed by atoms with Crippen molar-refractivity contribution in [3.63, 3.8) is 0 Å². The highest BCUT2D eigenvalue weighted by Gasteiger charge is 2.31. The minimum absolute atomic E-state index is 0.172. The van der Waals surface area contributed by atoms with Crippen molar-refractivity contribution in [2.45, 2.75) is 51.6 Å². The third-order valence-corrected chi connectivity index (χ3v) is 6.10. The zero-order valence-corrected chi connectivity index (χ0v) is 16.5. The van der Waals surface area contributed by atoms with Crippen molar-refractivity contribution in [3.05, 3.63) is 77.1 Å². The van der Waals surface area contributed by atoms with Gasteiger partial charge in [0.1, 0.15) is 11.6 Å². The second kappa shape index (κ2) is 8.48. The lowest BCUT2D eigenvalue weighted by Crippen LogP contribution is -2.22. The van der Waals surface area contributed by atoms with Crippen molar-refractivity contribution in [2.75, 3.05) is 0 Å². The number of benzene rings is 3. The van der Waals surface area contributed by atoms with E-state index < -0.39 is 6.61 Å². The predicted octanol–water partition coefficient (Wildman–Crippen LogP) is 7.46. The van der Waals surface area contributed by atoms with Crippen molar-refractivity contribution in [1.82, 2.24) is 0 Å². The predicted molar refractivity (Wildman–Crippen MR) is 110 cm³/mol. The van der Waals surface area contributed by atoms with Gasteiger partial charge in [0.2, 0.25) is 0 Å². The van der Waals surface area contributed by atoms with Crippen LogP contribution in [0.3, 0.4) is 0 Å². The topological polar surface area (TPSA) is 9.23 Å². The Bertz CT molecular complexity index is 981. The SMILES string of the molecule is CCCC[C@@H]1CCc2c(ccc3ccc(F)cc23)[C@H]1c1ccc(OC(F)F)cc1. The molecule has 0 aliphatic heterocycles. The summed E-state index contributed by atoms with van der Waals surface area (Å²) in [6, 6.07) is 16.2. The zero-order valence-electron chi connectivity index (χ0n) is 16.5. The van der Waals surface area contributed by atoms with E-state index in [0.29, 0.717) is 5.92 Å². The highest BCUT2D eigenvalue weighted by molar-refractivity contribution is 5.87. The van der Waals surface area contributed by atoms with E-state index in [9.17, 15) is 13.2 Å². The summed E-state index contributed by atoms with van der Waals surface area (Å²) >= 11 is 0. The van der Waals surface area contributed by atoms with Crippen LogP contribution in [0.1, 0.15) is 55.2 Å². The molecule has 0 fully saturated rings. The molecule has 0 N–H and O–H groups in total. The standard InChI is InChI=1S/C25H25F3O/c1-2-3-4-17-9-13-21-22(14-8-16-5-10-19(26)15-23(16)21)24(17)18-6-11-20(12-7-18)29-25(27)28/h5-8,10-12,14-15,17,24-25H,2-4,9,13H2,1H3/t17-,24-/m1/s1. The number of hydrogen-bond acceptors (Lipinski definition) is 1. The summed E-state index contributed by atoms with van der Waals surface area (Å²) in [5.74, 6) is 0.614. The second-order valence-electron chi connectivity index (χ2n) is 7.86. The van der Waals surface area contributed by atoms with Crippen LogP contribution in [0.2, 0.25) is 0 Å². The second-order valence-corrected chi connectivity index (χ2v) is 7.86. The van der Waals surface area contributed by atoms with E-state index in [4.69, 9.17) is 0 Å². The number of halogens is 3. The molecule has 3 aromatic rings. The van der Waals surface area contributed by atoms with E-state index in [1.807, 2.05) is 18.2 Å². The van der Waals surface area contributed by atoms with E-state index >= 15 is 0 Å². The normalized spacial score (nSPS) is 18.8.